The third kappa shape index (κ3) is 4.21. The number of aliphatic hydroxyl groups excluding tert-OH is 1. The Hall–Kier alpha value is -1.20. The van der Waals surface area contributed by atoms with Crippen LogP contribution < -0.4 is 5.32 Å². The maximum absolute atomic E-state index is 9.31. The van der Waals surface area contributed by atoms with Crippen molar-refractivity contribution < 1.29 is 9.84 Å². The molecule has 1 aromatic carbocycles. The molecule has 1 fully saturated rings. The molecule has 4 heteroatoms. The van der Waals surface area contributed by atoms with Crippen LogP contribution in [0.2, 0.25) is 0 Å². The van der Waals surface area contributed by atoms with Gasteiger partial charge in [-0.15, -0.1) is 0 Å². The van der Waals surface area contributed by atoms with E-state index in [0.29, 0.717) is 24.0 Å². The molecule has 23 heavy (non-hydrogen) atoms. The number of rotatable bonds is 6. The van der Waals surface area contributed by atoms with Gasteiger partial charge in [0.2, 0.25) is 0 Å². The normalized spacial score (nSPS) is 27.9. The fourth-order valence-electron chi connectivity index (χ4n) is 3.78. The second kappa shape index (κ2) is 8.06. The highest BCUT2D eigenvalue weighted by atomic mass is 16.5. The first-order valence-electron chi connectivity index (χ1n) is 8.70. The molecule has 126 valence electrons. The van der Waals surface area contributed by atoms with E-state index in [2.05, 4.69) is 59.6 Å². The number of hydrogen-bond donors (Lipinski definition) is 2. The summed E-state index contributed by atoms with van der Waals surface area (Å²) in [5.41, 5.74) is 1.36. The highest BCUT2D eigenvalue weighted by Gasteiger charge is 2.29. The summed E-state index contributed by atoms with van der Waals surface area (Å²) in [4.78, 5) is 2.53. The summed E-state index contributed by atoms with van der Waals surface area (Å²) in [7, 11) is 0. The molecule has 3 rings (SSSR count). The second-order valence-electron chi connectivity index (χ2n) is 6.63. The number of nitrogens with zero attached hydrogens (tertiary/aromatic N) is 1. The first-order valence-corrected chi connectivity index (χ1v) is 8.70. The van der Waals surface area contributed by atoms with Gasteiger partial charge in [-0.1, -0.05) is 42.5 Å². The average Bonchev–Trinajstić information content (AvgIpc) is 3.04. The molecular formula is C19H28N2O2. The van der Waals surface area contributed by atoms with Gasteiger partial charge in [0.15, 0.2) is 0 Å². The lowest BCUT2D eigenvalue weighted by Crippen LogP contribution is -2.49. The number of morpholine rings is 1. The van der Waals surface area contributed by atoms with Gasteiger partial charge in [0.25, 0.3) is 0 Å². The molecule has 0 bridgehead atoms. The fraction of sp³-hybridized carbons (Fsp3) is 0.579. The summed E-state index contributed by atoms with van der Waals surface area (Å²) in [6.45, 7) is 6.09. The summed E-state index contributed by atoms with van der Waals surface area (Å²) in [6, 6.07) is 11.8. The first kappa shape index (κ1) is 16.7. The quantitative estimate of drug-likeness (QED) is 0.788. The van der Waals surface area contributed by atoms with E-state index in [1.165, 1.54) is 5.56 Å². The lowest BCUT2D eigenvalue weighted by atomic mass is 9.97. The molecule has 1 heterocycles. The number of ether oxygens (including phenoxy) is 1. The van der Waals surface area contributed by atoms with Crippen molar-refractivity contribution in [1.29, 1.82) is 0 Å². The fourth-order valence-corrected chi connectivity index (χ4v) is 3.78. The van der Waals surface area contributed by atoms with Crippen molar-refractivity contribution in [3.05, 3.63) is 48.0 Å². The highest BCUT2D eigenvalue weighted by Crippen LogP contribution is 2.27. The standard InChI is InChI=1S/C19H28N2O2/c1-15(20-18-8-7-16(13-18)14-22)19(17-5-3-2-4-6-17)21-9-11-23-12-10-21/h2-8,15-16,18-20,22H,9-14H2,1H3/t15-,16+,18-,19+/m1/s1. The highest BCUT2D eigenvalue weighted by molar-refractivity contribution is 5.21. The Morgan fingerprint density at radius 1 is 1.22 bits per heavy atom. The molecule has 2 aliphatic rings. The van der Waals surface area contributed by atoms with Crippen molar-refractivity contribution in [3.8, 4) is 0 Å². The Labute approximate surface area is 139 Å². The van der Waals surface area contributed by atoms with Gasteiger partial charge in [0.1, 0.15) is 0 Å². The lowest BCUT2D eigenvalue weighted by molar-refractivity contribution is 0.00805. The molecule has 0 aromatic heterocycles. The van der Waals surface area contributed by atoms with Gasteiger partial charge in [-0.05, 0) is 18.9 Å². The summed E-state index contributed by atoms with van der Waals surface area (Å²) in [6.07, 6.45) is 5.33. The molecule has 1 aliphatic carbocycles. The van der Waals surface area contributed by atoms with E-state index in [0.717, 1.165) is 32.7 Å². The van der Waals surface area contributed by atoms with Gasteiger partial charge >= 0.3 is 0 Å². The van der Waals surface area contributed by atoms with Crippen molar-refractivity contribution in [2.45, 2.75) is 31.5 Å². The predicted molar refractivity (Wildman–Crippen MR) is 92.3 cm³/mol. The molecule has 1 saturated heterocycles. The van der Waals surface area contributed by atoms with E-state index in [1.807, 2.05) is 0 Å². The summed E-state index contributed by atoms with van der Waals surface area (Å²) in [5.74, 6) is 0.304. The predicted octanol–water partition coefficient (Wildman–Crippen LogP) is 1.97. The van der Waals surface area contributed by atoms with Crippen molar-refractivity contribution in [2.24, 2.45) is 5.92 Å². The summed E-state index contributed by atoms with van der Waals surface area (Å²) < 4.78 is 5.53. The molecule has 4 nitrogen and oxygen atoms in total. The van der Waals surface area contributed by atoms with Crippen LogP contribution in [-0.4, -0.2) is 55.0 Å². The Morgan fingerprint density at radius 2 is 1.96 bits per heavy atom. The van der Waals surface area contributed by atoms with Crippen LogP contribution in [0, 0.1) is 5.92 Å². The molecule has 1 aromatic rings. The third-order valence-electron chi connectivity index (χ3n) is 4.94. The minimum atomic E-state index is 0.245. The van der Waals surface area contributed by atoms with Crippen molar-refractivity contribution in [3.63, 3.8) is 0 Å². The van der Waals surface area contributed by atoms with Crippen LogP contribution >= 0.6 is 0 Å². The van der Waals surface area contributed by atoms with Crippen LogP contribution in [-0.2, 0) is 4.74 Å². The minimum Gasteiger partial charge on any atom is -0.396 e. The van der Waals surface area contributed by atoms with Crippen LogP contribution in [0.25, 0.3) is 0 Å². The number of benzene rings is 1. The van der Waals surface area contributed by atoms with E-state index in [4.69, 9.17) is 4.74 Å². The molecule has 2 N–H and O–H groups in total. The molecular weight excluding hydrogens is 288 g/mol. The zero-order valence-electron chi connectivity index (χ0n) is 13.9. The third-order valence-corrected chi connectivity index (χ3v) is 4.94. The van der Waals surface area contributed by atoms with Crippen molar-refractivity contribution in [1.82, 2.24) is 10.2 Å². The Bertz CT molecular complexity index is 499. The van der Waals surface area contributed by atoms with Crippen LogP contribution in [0.5, 0.6) is 0 Å². The van der Waals surface area contributed by atoms with E-state index in [1.54, 1.807) is 0 Å². The maximum Gasteiger partial charge on any atom is 0.0594 e. The number of hydrogen-bond acceptors (Lipinski definition) is 4. The van der Waals surface area contributed by atoms with E-state index in [-0.39, 0.29) is 6.61 Å². The second-order valence-corrected chi connectivity index (χ2v) is 6.63. The molecule has 0 radical (unpaired) electrons. The van der Waals surface area contributed by atoms with Crippen LogP contribution in [0.15, 0.2) is 42.5 Å². The van der Waals surface area contributed by atoms with E-state index < -0.39 is 0 Å². The molecule has 0 saturated carbocycles. The van der Waals surface area contributed by atoms with Crippen LogP contribution in [0.3, 0.4) is 0 Å². The molecule has 0 unspecified atom stereocenters. The first-order chi connectivity index (χ1) is 11.3. The van der Waals surface area contributed by atoms with E-state index in [9.17, 15) is 5.11 Å². The molecule has 0 spiro atoms. The van der Waals surface area contributed by atoms with Crippen LogP contribution in [0.1, 0.15) is 24.9 Å². The summed E-state index contributed by atoms with van der Waals surface area (Å²) >= 11 is 0. The van der Waals surface area contributed by atoms with Gasteiger partial charge in [-0.2, -0.15) is 0 Å². The van der Waals surface area contributed by atoms with E-state index >= 15 is 0 Å². The Morgan fingerprint density at radius 3 is 2.61 bits per heavy atom. The largest absolute Gasteiger partial charge is 0.396 e. The SMILES string of the molecule is C[C@@H](N[C@@H]1C=C[C@H](CO)C1)[C@@H](c1ccccc1)N1CCOCC1. The average molecular weight is 316 g/mol. The zero-order chi connectivity index (χ0) is 16.1. The summed E-state index contributed by atoms with van der Waals surface area (Å²) in [5, 5.41) is 13.1. The zero-order valence-corrected chi connectivity index (χ0v) is 13.9. The van der Waals surface area contributed by atoms with Gasteiger partial charge in [-0.3, -0.25) is 4.90 Å². The maximum atomic E-state index is 9.31. The van der Waals surface area contributed by atoms with Crippen LogP contribution in [0.4, 0.5) is 0 Å². The van der Waals surface area contributed by atoms with Gasteiger partial charge < -0.3 is 15.2 Å². The van der Waals surface area contributed by atoms with Crippen molar-refractivity contribution >= 4 is 0 Å². The minimum absolute atomic E-state index is 0.245. The Kier molecular flexibility index (Phi) is 5.84. The topological polar surface area (TPSA) is 44.7 Å². The smallest absolute Gasteiger partial charge is 0.0594 e. The molecule has 0 amide bonds. The Balaban J connectivity index is 1.71. The van der Waals surface area contributed by atoms with Gasteiger partial charge in [0, 0.05) is 37.7 Å². The number of nitrogens with one attached hydrogen (secondary N) is 1. The lowest BCUT2D eigenvalue weighted by Gasteiger charge is -2.39. The molecule has 4 atom stereocenters. The van der Waals surface area contributed by atoms with Crippen molar-refractivity contribution in [2.75, 3.05) is 32.9 Å². The molecule has 1 aliphatic heterocycles. The van der Waals surface area contributed by atoms with Gasteiger partial charge in [0.05, 0.1) is 19.3 Å². The van der Waals surface area contributed by atoms with Gasteiger partial charge in [-0.25, -0.2) is 0 Å². The number of aliphatic hydroxyl groups is 1. The monoisotopic (exact) mass is 316 g/mol.